The smallest absolute Gasteiger partial charge is 0.369 e. The second-order valence-electron chi connectivity index (χ2n) is 9.39. The van der Waals surface area contributed by atoms with Gasteiger partial charge in [0.2, 0.25) is 5.91 Å². The number of pyridine rings is 1. The fourth-order valence-electron chi connectivity index (χ4n) is 4.50. The molecule has 0 aliphatic carbocycles. The SMILES string of the molecule is CC(=O)N1CCN(Cc2ccc(NC(O)c3cncc(C#Cc4cnc5cccnn45)c3)cc2C(F)(F)F)CC1. The van der Waals surface area contributed by atoms with Gasteiger partial charge in [-0.15, -0.1) is 0 Å². The number of nitrogens with one attached hydrogen (secondary N) is 1. The number of fused-ring (bicyclic) bond motifs is 1. The lowest BCUT2D eigenvalue weighted by Gasteiger charge is -2.34. The minimum atomic E-state index is -4.58. The molecule has 40 heavy (non-hydrogen) atoms. The van der Waals surface area contributed by atoms with E-state index in [4.69, 9.17) is 0 Å². The van der Waals surface area contributed by atoms with Crippen LogP contribution in [-0.2, 0) is 17.5 Å². The average Bonchev–Trinajstić information content (AvgIpc) is 3.36. The fourth-order valence-corrected chi connectivity index (χ4v) is 4.50. The highest BCUT2D eigenvalue weighted by molar-refractivity contribution is 5.73. The number of alkyl halides is 3. The standard InChI is InChI=1S/C28H26F3N7O2/c1-19(39)37-11-9-36(10-12-37)18-21-5-6-23(14-25(21)28(29,30)31)35-27(40)22-13-20(15-32-16-22)4-7-24-17-33-26-3-2-8-34-38(24)26/h2-3,5-6,8,13-17,27,35,40H,9-12,18H2,1H3. The van der Waals surface area contributed by atoms with Crippen molar-refractivity contribution in [3.05, 3.63) is 89.1 Å². The lowest BCUT2D eigenvalue weighted by Crippen LogP contribution is -2.47. The van der Waals surface area contributed by atoms with Gasteiger partial charge in [0, 0.05) is 75.1 Å². The van der Waals surface area contributed by atoms with Gasteiger partial charge in [0.15, 0.2) is 11.9 Å². The minimum Gasteiger partial charge on any atom is -0.369 e. The molecule has 1 unspecified atom stereocenters. The van der Waals surface area contributed by atoms with E-state index in [0.29, 0.717) is 48.6 Å². The summed E-state index contributed by atoms with van der Waals surface area (Å²) in [5, 5.41) is 17.7. The highest BCUT2D eigenvalue weighted by Gasteiger charge is 2.34. The largest absolute Gasteiger partial charge is 0.416 e. The number of halogens is 3. The zero-order valence-electron chi connectivity index (χ0n) is 21.6. The van der Waals surface area contributed by atoms with Crippen LogP contribution in [0.3, 0.4) is 0 Å². The van der Waals surface area contributed by atoms with Crippen molar-refractivity contribution in [3.8, 4) is 11.8 Å². The van der Waals surface area contributed by atoms with Crippen molar-refractivity contribution < 1.29 is 23.1 Å². The lowest BCUT2D eigenvalue weighted by atomic mass is 10.0. The number of aliphatic hydroxyl groups is 1. The third kappa shape index (κ3) is 6.22. The first kappa shape index (κ1) is 27.1. The van der Waals surface area contributed by atoms with Crippen LogP contribution in [0.2, 0.25) is 0 Å². The molecule has 0 bridgehead atoms. The molecule has 2 N–H and O–H groups in total. The van der Waals surface area contributed by atoms with Crippen LogP contribution < -0.4 is 5.32 Å². The molecule has 0 radical (unpaired) electrons. The maximum absolute atomic E-state index is 14.0. The van der Waals surface area contributed by atoms with Crippen molar-refractivity contribution in [2.24, 2.45) is 0 Å². The first-order valence-electron chi connectivity index (χ1n) is 12.6. The number of nitrogens with zero attached hydrogens (tertiary/aromatic N) is 6. The molecule has 9 nitrogen and oxygen atoms in total. The van der Waals surface area contributed by atoms with Crippen LogP contribution in [-0.4, -0.2) is 66.6 Å². The number of piperazine rings is 1. The summed E-state index contributed by atoms with van der Waals surface area (Å²) < 4.78 is 43.5. The Labute approximate surface area is 228 Å². The van der Waals surface area contributed by atoms with Gasteiger partial charge in [-0.2, -0.15) is 18.3 Å². The Morgan fingerprint density at radius 1 is 1.10 bits per heavy atom. The molecule has 1 amide bonds. The van der Waals surface area contributed by atoms with Gasteiger partial charge in [0.1, 0.15) is 5.69 Å². The van der Waals surface area contributed by atoms with Crippen LogP contribution in [0.1, 0.15) is 41.1 Å². The third-order valence-electron chi connectivity index (χ3n) is 6.62. The average molecular weight is 550 g/mol. The van der Waals surface area contributed by atoms with Crippen molar-refractivity contribution in [2.75, 3.05) is 31.5 Å². The number of hydrogen-bond donors (Lipinski definition) is 2. The Morgan fingerprint density at radius 3 is 2.65 bits per heavy atom. The van der Waals surface area contributed by atoms with Crippen molar-refractivity contribution >= 4 is 17.2 Å². The van der Waals surface area contributed by atoms with E-state index in [0.717, 1.165) is 6.07 Å². The minimum absolute atomic E-state index is 0.0402. The van der Waals surface area contributed by atoms with E-state index in [2.05, 4.69) is 32.2 Å². The normalized spacial score (nSPS) is 15.0. The molecule has 12 heteroatoms. The van der Waals surface area contributed by atoms with Gasteiger partial charge in [-0.3, -0.25) is 14.7 Å². The summed E-state index contributed by atoms with van der Waals surface area (Å²) in [5.74, 6) is 5.88. The van der Waals surface area contributed by atoms with Crippen LogP contribution in [0.25, 0.3) is 5.65 Å². The van der Waals surface area contributed by atoms with Crippen LogP contribution in [0.5, 0.6) is 0 Å². The van der Waals surface area contributed by atoms with Gasteiger partial charge >= 0.3 is 6.18 Å². The summed E-state index contributed by atoms with van der Waals surface area (Å²) in [6, 6.07) is 9.10. The number of aliphatic hydroxyl groups excluding tert-OH is 1. The predicted octanol–water partition coefficient (Wildman–Crippen LogP) is 3.31. The summed E-state index contributed by atoms with van der Waals surface area (Å²) in [4.78, 5) is 23.5. The van der Waals surface area contributed by atoms with Crippen LogP contribution >= 0.6 is 0 Å². The highest BCUT2D eigenvalue weighted by Crippen LogP contribution is 2.35. The van der Waals surface area contributed by atoms with Crippen LogP contribution in [0.4, 0.5) is 18.9 Å². The number of imidazole rings is 1. The summed E-state index contributed by atoms with van der Waals surface area (Å²) in [7, 11) is 0. The van der Waals surface area contributed by atoms with E-state index in [-0.39, 0.29) is 23.7 Å². The number of amides is 1. The van der Waals surface area contributed by atoms with E-state index < -0.39 is 18.0 Å². The molecule has 0 saturated carbocycles. The van der Waals surface area contributed by atoms with E-state index in [9.17, 15) is 23.1 Å². The zero-order chi connectivity index (χ0) is 28.3. The maximum atomic E-state index is 14.0. The number of rotatable bonds is 5. The Balaban J connectivity index is 1.30. The summed E-state index contributed by atoms with van der Waals surface area (Å²) in [6.45, 7) is 3.55. The van der Waals surface area contributed by atoms with Gasteiger partial charge in [0.25, 0.3) is 0 Å². The van der Waals surface area contributed by atoms with Crippen molar-refractivity contribution in [3.63, 3.8) is 0 Å². The molecule has 1 fully saturated rings. The molecule has 5 rings (SSSR count). The third-order valence-corrected chi connectivity index (χ3v) is 6.62. The summed E-state index contributed by atoms with van der Waals surface area (Å²) in [5.41, 5.74) is 1.52. The Hall–Kier alpha value is -4.47. The number of benzene rings is 1. The molecular weight excluding hydrogens is 523 g/mol. The Kier molecular flexibility index (Phi) is 7.68. The number of carbonyl (C=O) groups excluding carboxylic acids is 1. The van der Waals surface area contributed by atoms with Crippen molar-refractivity contribution in [2.45, 2.75) is 25.9 Å². The predicted molar refractivity (Wildman–Crippen MR) is 141 cm³/mol. The van der Waals surface area contributed by atoms with E-state index in [1.165, 1.54) is 31.5 Å². The monoisotopic (exact) mass is 549 g/mol. The zero-order valence-corrected chi connectivity index (χ0v) is 21.6. The van der Waals surface area contributed by atoms with Gasteiger partial charge in [-0.05, 0) is 41.8 Å². The number of carbonyl (C=O) groups is 1. The van der Waals surface area contributed by atoms with Crippen LogP contribution in [0.15, 0.2) is 61.2 Å². The van der Waals surface area contributed by atoms with Gasteiger partial charge in [-0.1, -0.05) is 12.0 Å². The molecule has 3 aromatic heterocycles. The number of aromatic nitrogens is 4. The topological polar surface area (TPSA) is 98.9 Å². The summed E-state index contributed by atoms with van der Waals surface area (Å²) >= 11 is 0. The van der Waals surface area contributed by atoms with E-state index >= 15 is 0 Å². The second kappa shape index (κ2) is 11.3. The molecule has 206 valence electrons. The molecule has 1 saturated heterocycles. The van der Waals surface area contributed by atoms with Gasteiger partial charge in [-0.25, -0.2) is 9.50 Å². The molecule has 1 atom stereocenters. The van der Waals surface area contributed by atoms with Gasteiger partial charge < -0.3 is 15.3 Å². The van der Waals surface area contributed by atoms with E-state index in [1.807, 2.05) is 4.90 Å². The number of hydrogen-bond acceptors (Lipinski definition) is 7. The molecule has 0 spiro atoms. The molecule has 4 aromatic rings. The second-order valence-corrected chi connectivity index (χ2v) is 9.39. The quantitative estimate of drug-likeness (QED) is 0.291. The molecule has 1 aromatic carbocycles. The van der Waals surface area contributed by atoms with Crippen LogP contribution in [0, 0.1) is 11.8 Å². The number of anilines is 1. The Bertz CT molecular complexity index is 1580. The molecule has 1 aliphatic heterocycles. The van der Waals surface area contributed by atoms with Crippen molar-refractivity contribution in [1.82, 2.24) is 29.4 Å². The maximum Gasteiger partial charge on any atom is 0.416 e. The Morgan fingerprint density at radius 2 is 1.90 bits per heavy atom. The molecular formula is C28H26F3N7O2. The molecule has 1 aliphatic rings. The highest BCUT2D eigenvalue weighted by atomic mass is 19.4. The van der Waals surface area contributed by atoms with Gasteiger partial charge in [0.05, 0.1) is 11.8 Å². The van der Waals surface area contributed by atoms with Crippen molar-refractivity contribution in [1.29, 1.82) is 0 Å². The van der Waals surface area contributed by atoms with E-state index in [1.54, 1.807) is 40.0 Å². The first-order chi connectivity index (χ1) is 19.2. The molecule has 4 heterocycles. The first-order valence-corrected chi connectivity index (χ1v) is 12.6. The lowest BCUT2D eigenvalue weighted by molar-refractivity contribution is -0.138. The fraction of sp³-hybridized carbons (Fsp3) is 0.286. The summed E-state index contributed by atoms with van der Waals surface area (Å²) in [6.07, 6.45) is 0.251.